The van der Waals surface area contributed by atoms with Gasteiger partial charge in [-0.05, 0) is 35.1 Å². The molecule has 17 heavy (non-hydrogen) atoms. The predicted octanol–water partition coefficient (Wildman–Crippen LogP) is 3.63. The van der Waals surface area contributed by atoms with Crippen molar-refractivity contribution in [3.8, 4) is 0 Å². The van der Waals surface area contributed by atoms with Crippen LogP contribution in [0.1, 0.15) is 30.3 Å². The van der Waals surface area contributed by atoms with E-state index in [0.717, 1.165) is 6.54 Å². The summed E-state index contributed by atoms with van der Waals surface area (Å²) in [6.07, 6.45) is 3.68. The summed E-state index contributed by atoms with van der Waals surface area (Å²) in [6.45, 7) is 5.40. The van der Waals surface area contributed by atoms with Crippen LogP contribution in [0.2, 0.25) is 0 Å². The van der Waals surface area contributed by atoms with Crippen LogP contribution in [0, 0.1) is 5.92 Å². The molecule has 0 aliphatic rings. The van der Waals surface area contributed by atoms with Crippen molar-refractivity contribution < 1.29 is 0 Å². The maximum Gasteiger partial charge on any atom is 0.0440 e. The number of rotatable bonds is 5. The Kier molecular flexibility index (Phi) is 4.29. The fourth-order valence-electron chi connectivity index (χ4n) is 1.86. The lowest BCUT2D eigenvalue weighted by molar-refractivity contribution is 0.416. The highest BCUT2D eigenvalue weighted by molar-refractivity contribution is 7.10. The summed E-state index contributed by atoms with van der Waals surface area (Å²) in [4.78, 5) is 5.44. The normalized spacial score (nSPS) is 12.9. The van der Waals surface area contributed by atoms with Crippen molar-refractivity contribution in [2.45, 2.75) is 26.4 Å². The van der Waals surface area contributed by atoms with Gasteiger partial charge < -0.3 is 5.32 Å². The van der Waals surface area contributed by atoms with Gasteiger partial charge in [-0.2, -0.15) is 0 Å². The smallest absolute Gasteiger partial charge is 0.0440 e. The number of pyridine rings is 1. The molecule has 2 heterocycles. The second kappa shape index (κ2) is 5.94. The quantitative estimate of drug-likeness (QED) is 0.871. The van der Waals surface area contributed by atoms with Gasteiger partial charge in [0.25, 0.3) is 0 Å². The number of nitrogens with zero attached hydrogens (tertiary/aromatic N) is 1. The van der Waals surface area contributed by atoms with Crippen molar-refractivity contribution in [3.63, 3.8) is 0 Å². The topological polar surface area (TPSA) is 24.9 Å². The number of hydrogen-bond donors (Lipinski definition) is 1. The van der Waals surface area contributed by atoms with Crippen molar-refractivity contribution in [1.29, 1.82) is 0 Å². The van der Waals surface area contributed by atoms with Gasteiger partial charge in [-0.3, -0.25) is 4.98 Å². The minimum absolute atomic E-state index is 0.433. The lowest BCUT2D eigenvalue weighted by atomic mass is 10.0. The van der Waals surface area contributed by atoms with E-state index < -0.39 is 0 Å². The number of nitrogens with one attached hydrogen (secondary N) is 1. The Hall–Kier alpha value is -1.19. The molecular formula is C14H18N2S. The second-order valence-electron chi connectivity index (χ2n) is 4.47. The highest BCUT2D eigenvalue weighted by Crippen LogP contribution is 2.25. The number of thiophene rings is 1. The molecule has 0 fully saturated rings. The molecule has 2 aromatic heterocycles. The average molecular weight is 246 g/mol. The van der Waals surface area contributed by atoms with Crippen LogP contribution in [-0.4, -0.2) is 4.98 Å². The van der Waals surface area contributed by atoms with Crippen molar-refractivity contribution in [2.24, 2.45) is 5.92 Å². The maximum atomic E-state index is 4.03. The molecule has 0 spiro atoms. The Balaban J connectivity index is 2.00. The first-order valence-electron chi connectivity index (χ1n) is 5.93. The molecule has 0 aliphatic heterocycles. The zero-order valence-corrected chi connectivity index (χ0v) is 11.1. The summed E-state index contributed by atoms with van der Waals surface area (Å²) in [5, 5.41) is 5.76. The van der Waals surface area contributed by atoms with Crippen LogP contribution in [0.15, 0.2) is 42.0 Å². The van der Waals surface area contributed by atoms with Gasteiger partial charge in [0.05, 0.1) is 0 Å². The van der Waals surface area contributed by atoms with Gasteiger partial charge in [-0.25, -0.2) is 0 Å². The van der Waals surface area contributed by atoms with Gasteiger partial charge in [0, 0.05) is 29.9 Å². The zero-order valence-electron chi connectivity index (χ0n) is 10.3. The standard InChI is InChI=1S/C14H18N2S/c1-11(2)14(13-4-3-9-17-13)16-10-12-5-7-15-8-6-12/h3-9,11,14,16H,10H2,1-2H3. The Morgan fingerprint density at radius 2 is 2.00 bits per heavy atom. The molecule has 2 aromatic rings. The van der Waals surface area contributed by atoms with E-state index in [1.807, 2.05) is 23.7 Å². The molecule has 0 aromatic carbocycles. The van der Waals surface area contributed by atoms with E-state index in [0.29, 0.717) is 12.0 Å². The van der Waals surface area contributed by atoms with Crippen LogP contribution in [0.25, 0.3) is 0 Å². The van der Waals surface area contributed by atoms with Crippen molar-refractivity contribution in [1.82, 2.24) is 10.3 Å². The van der Waals surface area contributed by atoms with E-state index in [4.69, 9.17) is 0 Å². The molecule has 90 valence electrons. The first-order chi connectivity index (χ1) is 8.27. The maximum absolute atomic E-state index is 4.03. The fraction of sp³-hybridized carbons (Fsp3) is 0.357. The van der Waals surface area contributed by atoms with Gasteiger partial charge in [0.1, 0.15) is 0 Å². The molecule has 1 atom stereocenters. The summed E-state index contributed by atoms with van der Waals surface area (Å²) in [5.74, 6) is 0.593. The van der Waals surface area contributed by atoms with E-state index in [1.165, 1.54) is 10.4 Å². The summed E-state index contributed by atoms with van der Waals surface area (Å²) >= 11 is 1.82. The van der Waals surface area contributed by atoms with Crippen LogP contribution >= 0.6 is 11.3 Å². The summed E-state index contributed by atoms with van der Waals surface area (Å²) in [5.41, 5.74) is 1.28. The van der Waals surface area contributed by atoms with Crippen LogP contribution < -0.4 is 5.32 Å². The van der Waals surface area contributed by atoms with E-state index in [2.05, 4.69) is 53.8 Å². The molecule has 0 saturated carbocycles. The molecule has 0 saturated heterocycles. The third-order valence-electron chi connectivity index (χ3n) is 2.79. The van der Waals surface area contributed by atoms with Gasteiger partial charge in [0.15, 0.2) is 0 Å². The van der Waals surface area contributed by atoms with Gasteiger partial charge >= 0.3 is 0 Å². The molecule has 0 amide bonds. The van der Waals surface area contributed by atoms with Crippen LogP contribution in [0.3, 0.4) is 0 Å². The Morgan fingerprint density at radius 3 is 2.59 bits per heavy atom. The summed E-state index contributed by atoms with van der Waals surface area (Å²) in [7, 11) is 0. The van der Waals surface area contributed by atoms with E-state index in [9.17, 15) is 0 Å². The third kappa shape index (κ3) is 3.38. The second-order valence-corrected chi connectivity index (χ2v) is 5.45. The lowest BCUT2D eigenvalue weighted by Gasteiger charge is -2.21. The van der Waals surface area contributed by atoms with Crippen LogP contribution in [0.4, 0.5) is 0 Å². The van der Waals surface area contributed by atoms with Crippen molar-refractivity contribution in [2.75, 3.05) is 0 Å². The molecule has 1 unspecified atom stereocenters. The Bertz CT molecular complexity index is 423. The summed E-state index contributed by atoms with van der Waals surface area (Å²) < 4.78 is 0. The first kappa shape index (κ1) is 12.3. The first-order valence-corrected chi connectivity index (χ1v) is 6.81. The number of aromatic nitrogens is 1. The third-order valence-corrected chi connectivity index (χ3v) is 3.75. The van der Waals surface area contributed by atoms with Crippen LogP contribution in [-0.2, 0) is 6.54 Å². The summed E-state index contributed by atoms with van der Waals surface area (Å²) in [6, 6.07) is 8.86. The van der Waals surface area contributed by atoms with Gasteiger partial charge in [-0.1, -0.05) is 19.9 Å². The van der Waals surface area contributed by atoms with Crippen LogP contribution in [0.5, 0.6) is 0 Å². The minimum Gasteiger partial charge on any atom is -0.305 e. The van der Waals surface area contributed by atoms with Crippen molar-refractivity contribution >= 4 is 11.3 Å². The highest BCUT2D eigenvalue weighted by Gasteiger charge is 2.15. The van der Waals surface area contributed by atoms with E-state index in [-0.39, 0.29) is 0 Å². The Labute approximate surface area is 107 Å². The molecule has 2 nitrogen and oxygen atoms in total. The highest BCUT2D eigenvalue weighted by atomic mass is 32.1. The molecule has 0 bridgehead atoms. The predicted molar refractivity (Wildman–Crippen MR) is 73.0 cm³/mol. The molecule has 0 aliphatic carbocycles. The lowest BCUT2D eigenvalue weighted by Crippen LogP contribution is -2.24. The average Bonchev–Trinajstić information content (AvgIpc) is 2.84. The molecule has 1 N–H and O–H groups in total. The van der Waals surface area contributed by atoms with E-state index in [1.54, 1.807) is 0 Å². The molecule has 2 rings (SSSR count). The zero-order chi connectivity index (χ0) is 12.1. The van der Waals surface area contributed by atoms with Crippen molar-refractivity contribution in [3.05, 3.63) is 52.5 Å². The van der Waals surface area contributed by atoms with Gasteiger partial charge in [0.2, 0.25) is 0 Å². The van der Waals surface area contributed by atoms with E-state index >= 15 is 0 Å². The fourth-order valence-corrected chi connectivity index (χ4v) is 2.84. The minimum atomic E-state index is 0.433. The van der Waals surface area contributed by atoms with Gasteiger partial charge in [-0.15, -0.1) is 11.3 Å². The molecule has 3 heteroatoms. The SMILES string of the molecule is CC(C)C(NCc1ccncc1)c1cccs1. The largest absolute Gasteiger partial charge is 0.305 e. The molecule has 0 radical (unpaired) electrons. The molecular weight excluding hydrogens is 228 g/mol. The monoisotopic (exact) mass is 246 g/mol. The number of hydrogen-bond acceptors (Lipinski definition) is 3. The Morgan fingerprint density at radius 1 is 1.24 bits per heavy atom.